The zero-order valence-electron chi connectivity index (χ0n) is 19.9. The summed E-state index contributed by atoms with van der Waals surface area (Å²) in [5, 5.41) is 9.70. The van der Waals surface area contributed by atoms with E-state index >= 15 is 0 Å². The summed E-state index contributed by atoms with van der Waals surface area (Å²) in [6, 6.07) is 19.0. The van der Waals surface area contributed by atoms with E-state index in [1.165, 1.54) is 11.3 Å². The van der Waals surface area contributed by atoms with Gasteiger partial charge in [0.15, 0.2) is 5.13 Å². The molecule has 0 atom stereocenters. The number of morpholine rings is 1. The number of nitrogens with zero attached hydrogens (tertiary/aromatic N) is 4. The maximum absolute atomic E-state index is 12.9. The minimum absolute atomic E-state index is 0.0802. The lowest BCUT2D eigenvalue weighted by atomic mass is 10.2. The first-order valence-corrected chi connectivity index (χ1v) is 14.0. The van der Waals surface area contributed by atoms with Gasteiger partial charge in [-0.25, -0.2) is 18.1 Å². The van der Waals surface area contributed by atoms with Crippen molar-refractivity contribution in [2.24, 2.45) is 0 Å². The summed E-state index contributed by atoms with van der Waals surface area (Å²) in [7, 11) is -3.83. The van der Waals surface area contributed by atoms with Gasteiger partial charge in [0.1, 0.15) is 5.69 Å². The van der Waals surface area contributed by atoms with Crippen LogP contribution < -0.4 is 9.62 Å². The predicted molar refractivity (Wildman–Crippen MR) is 139 cm³/mol. The Hall–Kier alpha value is -3.30. The van der Waals surface area contributed by atoms with E-state index < -0.39 is 15.9 Å². The van der Waals surface area contributed by atoms with E-state index in [1.807, 2.05) is 52.3 Å². The molecule has 1 saturated heterocycles. The van der Waals surface area contributed by atoms with Crippen LogP contribution in [-0.2, 0) is 21.3 Å². The average Bonchev–Trinajstić information content (AvgIpc) is 3.28. The van der Waals surface area contributed by atoms with E-state index in [9.17, 15) is 13.2 Å². The van der Waals surface area contributed by atoms with E-state index in [0.717, 1.165) is 11.3 Å². The van der Waals surface area contributed by atoms with Gasteiger partial charge in [0.2, 0.25) is 10.0 Å². The van der Waals surface area contributed by atoms with Gasteiger partial charge in [-0.2, -0.15) is 5.26 Å². The summed E-state index contributed by atoms with van der Waals surface area (Å²) in [6.07, 6.45) is 0. The summed E-state index contributed by atoms with van der Waals surface area (Å²) in [5.41, 5.74) is 2.45. The van der Waals surface area contributed by atoms with Crippen LogP contribution in [0.5, 0.6) is 0 Å². The lowest BCUT2D eigenvalue weighted by Crippen LogP contribution is -2.42. The number of aromatic nitrogens is 1. The Balaban J connectivity index is 1.53. The number of nitrogens with one attached hydrogen (secondary N) is 1. The van der Waals surface area contributed by atoms with Gasteiger partial charge in [-0.05, 0) is 36.8 Å². The Morgan fingerprint density at radius 3 is 2.53 bits per heavy atom. The van der Waals surface area contributed by atoms with Crippen molar-refractivity contribution in [1.29, 1.82) is 5.26 Å². The molecule has 2 aromatic carbocycles. The number of aryl methyl sites for hydroxylation is 1. The number of benzene rings is 2. The molecule has 1 aromatic heterocycles. The first-order chi connectivity index (χ1) is 17.3. The van der Waals surface area contributed by atoms with Gasteiger partial charge >= 0.3 is 0 Å². The number of ether oxygens (including phenoxy) is 1. The van der Waals surface area contributed by atoms with Gasteiger partial charge in [-0.3, -0.25) is 9.69 Å². The number of sulfonamides is 1. The van der Waals surface area contributed by atoms with E-state index in [4.69, 9.17) is 10.00 Å². The van der Waals surface area contributed by atoms with Crippen LogP contribution >= 0.6 is 11.3 Å². The summed E-state index contributed by atoms with van der Waals surface area (Å²) < 4.78 is 32.6. The molecule has 2 heterocycles. The van der Waals surface area contributed by atoms with Gasteiger partial charge in [0.05, 0.1) is 37.1 Å². The third-order valence-corrected chi connectivity index (χ3v) is 7.96. The predicted octanol–water partition coefficient (Wildman–Crippen LogP) is 3.05. The minimum Gasteiger partial charge on any atom is -0.379 e. The molecule has 9 nitrogen and oxygen atoms in total. The van der Waals surface area contributed by atoms with Crippen LogP contribution in [0.2, 0.25) is 0 Å². The van der Waals surface area contributed by atoms with Crippen LogP contribution in [0.4, 0.5) is 10.8 Å². The second kappa shape index (κ2) is 11.6. The second-order valence-electron chi connectivity index (χ2n) is 8.34. The van der Waals surface area contributed by atoms with Crippen molar-refractivity contribution >= 4 is 38.1 Å². The summed E-state index contributed by atoms with van der Waals surface area (Å²) in [6.45, 7) is 5.05. The molecule has 0 radical (unpaired) electrons. The Bertz CT molecular complexity index is 1330. The number of rotatable bonds is 9. The van der Waals surface area contributed by atoms with Crippen LogP contribution in [0.25, 0.3) is 0 Å². The van der Waals surface area contributed by atoms with Crippen molar-refractivity contribution in [3.63, 3.8) is 0 Å². The van der Waals surface area contributed by atoms with Crippen molar-refractivity contribution in [2.75, 3.05) is 43.5 Å². The van der Waals surface area contributed by atoms with Crippen LogP contribution in [0, 0.1) is 18.3 Å². The molecule has 1 fully saturated rings. The molecule has 11 heteroatoms. The van der Waals surface area contributed by atoms with Crippen molar-refractivity contribution in [3.05, 3.63) is 76.3 Å². The monoisotopic (exact) mass is 525 g/mol. The molecule has 1 N–H and O–H groups in total. The maximum atomic E-state index is 12.9. The number of amides is 1. The van der Waals surface area contributed by atoms with E-state index in [0.29, 0.717) is 55.0 Å². The number of anilines is 2. The first-order valence-electron chi connectivity index (χ1n) is 11.5. The molecular formula is C25H27N5O4S2. The summed E-state index contributed by atoms with van der Waals surface area (Å²) in [5.74, 6) is -0.920. The van der Waals surface area contributed by atoms with E-state index in [1.54, 1.807) is 19.1 Å². The molecule has 4 rings (SSSR count). The lowest BCUT2D eigenvalue weighted by Gasteiger charge is -2.26. The van der Waals surface area contributed by atoms with Crippen LogP contribution in [0.15, 0.2) is 54.6 Å². The highest BCUT2D eigenvalue weighted by molar-refractivity contribution is 7.90. The molecule has 0 bridgehead atoms. The Morgan fingerprint density at radius 1 is 1.17 bits per heavy atom. The third-order valence-electron chi connectivity index (χ3n) is 5.75. The Kier molecular flexibility index (Phi) is 8.32. The number of carbonyl (C=O) groups excluding carboxylic acids is 1. The number of thiazole rings is 1. The number of nitriles is 1. The van der Waals surface area contributed by atoms with Crippen molar-refractivity contribution in [1.82, 2.24) is 14.6 Å². The molecule has 1 amide bonds. The maximum Gasteiger partial charge on any atom is 0.284 e. The zero-order chi connectivity index (χ0) is 25.5. The van der Waals surface area contributed by atoms with Gasteiger partial charge < -0.3 is 9.64 Å². The minimum atomic E-state index is -3.83. The quantitative estimate of drug-likeness (QED) is 0.453. The second-order valence-corrected chi connectivity index (χ2v) is 11.4. The molecule has 36 heavy (non-hydrogen) atoms. The van der Waals surface area contributed by atoms with Crippen LogP contribution in [0.1, 0.15) is 26.5 Å². The zero-order valence-corrected chi connectivity index (χ0v) is 21.5. The molecule has 1 aliphatic heterocycles. The van der Waals surface area contributed by atoms with Crippen LogP contribution in [-0.4, -0.2) is 62.8 Å². The molecule has 1 aliphatic rings. The molecule has 0 spiro atoms. The largest absolute Gasteiger partial charge is 0.379 e. The highest BCUT2D eigenvalue weighted by Gasteiger charge is 2.24. The summed E-state index contributed by atoms with van der Waals surface area (Å²) in [4.78, 5) is 22.0. The molecule has 188 valence electrons. The molecule has 0 saturated carbocycles. The average molecular weight is 526 g/mol. The third kappa shape index (κ3) is 6.67. The fourth-order valence-corrected chi connectivity index (χ4v) is 5.68. The van der Waals surface area contributed by atoms with Crippen molar-refractivity contribution in [2.45, 2.75) is 13.5 Å². The molecule has 0 aliphatic carbocycles. The van der Waals surface area contributed by atoms with Gasteiger partial charge in [-0.15, -0.1) is 11.3 Å². The number of hydrogen-bond donors (Lipinski definition) is 1. The van der Waals surface area contributed by atoms with Crippen LogP contribution in [0.3, 0.4) is 0 Å². The van der Waals surface area contributed by atoms with Gasteiger partial charge in [0.25, 0.3) is 5.91 Å². The van der Waals surface area contributed by atoms with E-state index in [2.05, 4.69) is 15.8 Å². The highest BCUT2D eigenvalue weighted by atomic mass is 32.2. The number of hydrogen-bond acceptors (Lipinski definition) is 9. The lowest BCUT2D eigenvalue weighted by molar-refractivity contribution is 0.0407. The molecule has 3 aromatic rings. The fourth-order valence-electron chi connectivity index (χ4n) is 3.77. The standard InChI is InChI=1S/C25H27N5O4S2/c1-19-23(24(31)28-36(32,33)16-13-29-11-14-34-15-12-29)27-25(35-19)30(18-21-5-3-2-4-6-21)22-9-7-20(17-26)8-10-22/h2-10H,11-16,18H2,1H3,(H,28,31). The SMILES string of the molecule is Cc1sc(N(Cc2ccccc2)c2ccc(C#N)cc2)nc1C(=O)NS(=O)(=O)CCN1CCOCC1. The van der Waals surface area contributed by atoms with Gasteiger partial charge in [0, 0.05) is 30.2 Å². The summed E-state index contributed by atoms with van der Waals surface area (Å²) >= 11 is 1.31. The van der Waals surface area contributed by atoms with Crippen molar-refractivity contribution < 1.29 is 17.9 Å². The van der Waals surface area contributed by atoms with Crippen molar-refractivity contribution in [3.8, 4) is 6.07 Å². The molecule has 0 unspecified atom stereocenters. The topological polar surface area (TPSA) is 116 Å². The Labute approximate surface area is 215 Å². The van der Waals surface area contributed by atoms with Gasteiger partial charge in [-0.1, -0.05) is 30.3 Å². The smallest absolute Gasteiger partial charge is 0.284 e. The first kappa shape index (κ1) is 25.8. The molecular weight excluding hydrogens is 498 g/mol. The fraction of sp³-hybridized carbons (Fsp3) is 0.320. The normalized spacial score (nSPS) is 14.2. The van der Waals surface area contributed by atoms with E-state index in [-0.39, 0.29) is 11.4 Å². The Morgan fingerprint density at radius 2 is 1.86 bits per heavy atom. The number of carbonyl (C=O) groups is 1. The highest BCUT2D eigenvalue weighted by Crippen LogP contribution is 2.33.